The molecule has 4 atom stereocenters. The Hall–Kier alpha value is -3.18. The summed E-state index contributed by atoms with van der Waals surface area (Å²) in [4.78, 5) is 26.0. The number of anilines is 1. The van der Waals surface area contributed by atoms with Crippen molar-refractivity contribution >= 4 is 33.5 Å². The zero-order chi connectivity index (χ0) is 21.8. The first-order valence-corrected chi connectivity index (χ1v) is 10.9. The SMILES string of the molecule is O=C(O)[C@H]1[C@H](C(=O)Nc2ccc(Br)cc2)[C@H](c2ccccc2)C=C[C@H]1c1ccccc1. The molecule has 4 rings (SSSR count). The quantitative estimate of drug-likeness (QED) is 0.455. The van der Waals surface area contributed by atoms with Gasteiger partial charge in [-0.15, -0.1) is 0 Å². The van der Waals surface area contributed by atoms with Crippen LogP contribution < -0.4 is 5.32 Å². The molecule has 0 spiro atoms. The van der Waals surface area contributed by atoms with Gasteiger partial charge in [-0.2, -0.15) is 0 Å². The maximum Gasteiger partial charge on any atom is 0.308 e. The van der Waals surface area contributed by atoms with Crippen LogP contribution in [-0.4, -0.2) is 17.0 Å². The standard InChI is InChI=1S/C26H22BrNO3/c27-19-11-13-20(14-12-19)28-25(29)23-21(17-7-3-1-4-8-17)15-16-22(24(23)26(30)31)18-9-5-2-6-10-18/h1-16,21-24H,(H,28,29)(H,30,31)/t21-,22-,23+,24+/m0/s1. The number of allylic oxidation sites excluding steroid dienone is 2. The third-order valence-electron chi connectivity index (χ3n) is 5.76. The smallest absolute Gasteiger partial charge is 0.308 e. The molecule has 3 aromatic carbocycles. The van der Waals surface area contributed by atoms with Gasteiger partial charge in [0.25, 0.3) is 0 Å². The summed E-state index contributed by atoms with van der Waals surface area (Å²) in [5.74, 6) is -3.66. The van der Waals surface area contributed by atoms with Crippen LogP contribution in [0.4, 0.5) is 5.69 Å². The number of benzene rings is 3. The first-order valence-electron chi connectivity index (χ1n) is 10.1. The third-order valence-corrected chi connectivity index (χ3v) is 6.28. The highest BCUT2D eigenvalue weighted by Crippen LogP contribution is 2.45. The fourth-order valence-electron chi connectivity index (χ4n) is 4.31. The Labute approximate surface area is 189 Å². The van der Waals surface area contributed by atoms with E-state index in [9.17, 15) is 14.7 Å². The molecule has 0 unspecified atom stereocenters. The van der Waals surface area contributed by atoms with Crippen molar-refractivity contribution in [3.05, 3.63) is 113 Å². The lowest BCUT2D eigenvalue weighted by Crippen LogP contribution is -2.42. The van der Waals surface area contributed by atoms with E-state index in [-0.39, 0.29) is 17.7 Å². The molecule has 1 amide bonds. The topological polar surface area (TPSA) is 66.4 Å². The van der Waals surface area contributed by atoms with Crippen molar-refractivity contribution in [3.63, 3.8) is 0 Å². The van der Waals surface area contributed by atoms with Crippen LogP contribution in [0, 0.1) is 11.8 Å². The summed E-state index contributed by atoms with van der Waals surface area (Å²) in [6.45, 7) is 0. The van der Waals surface area contributed by atoms with E-state index in [1.165, 1.54) is 0 Å². The molecule has 0 aromatic heterocycles. The normalized spacial score (nSPS) is 22.6. The van der Waals surface area contributed by atoms with Crippen molar-refractivity contribution in [3.8, 4) is 0 Å². The molecule has 3 aromatic rings. The van der Waals surface area contributed by atoms with E-state index in [2.05, 4.69) is 21.2 Å². The number of carboxylic acid groups (broad SMARTS) is 1. The minimum atomic E-state index is -0.977. The number of halogens is 1. The second-order valence-corrected chi connectivity index (χ2v) is 8.56. The van der Waals surface area contributed by atoms with Crippen molar-refractivity contribution in [1.29, 1.82) is 0 Å². The molecule has 1 aliphatic carbocycles. The van der Waals surface area contributed by atoms with Gasteiger partial charge in [0, 0.05) is 22.0 Å². The minimum absolute atomic E-state index is 0.297. The monoisotopic (exact) mass is 475 g/mol. The molecule has 4 nitrogen and oxygen atoms in total. The molecule has 156 valence electrons. The first kappa shape index (κ1) is 21.1. The number of amides is 1. The third kappa shape index (κ3) is 4.62. The molecule has 0 aliphatic heterocycles. The summed E-state index contributed by atoms with van der Waals surface area (Å²) in [5, 5.41) is 13.2. The molecule has 31 heavy (non-hydrogen) atoms. The van der Waals surface area contributed by atoms with Crippen LogP contribution in [0.25, 0.3) is 0 Å². The predicted molar refractivity (Wildman–Crippen MR) is 125 cm³/mol. The van der Waals surface area contributed by atoms with Crippen molar-refractivity contribution in [2.75, 3.05) is 5.32 Å². The second-order valence-electron chi connectivity index (χ2n) is 7.64. The average molecular weight is 476 g/mol. The number of carbonyl (C=O) groups is 2. The number of hydrogen-bond acceptors (Lipinski definition) is 2. The number of nitrogens with one attached hydrogen (secondary N) is 1. The highest BCUT2D eigenvalue weighted by atomic mass is 79.9. The lowest BCUT2D eigenvalue weighted by molar-refractivity contribution is -0.147. The Morgan fingerprint density at radius 3 is 1.68 bits per heavy atom. The van der Waals surface area contributed by atoms with E-state index >= 15 is 0 Å². The van der Waals surface area contributed by atoms with E-state index in [1.54, 1.807) is 12.1 Å². The maximum absolute atomic E-state index is 13.5. The van der Waals surface area contributed by atoms with Crippen LogP contribution >= 0.6 is 15.9 Å². The van der Waals surface area contributed by atoms with Crippen LogP contribution in [0.5, 0.6) is 0 Å². The van der Waals surface area contributed by atoms with Crippen LogP contribution in [-0.2, 0) is 9.59 Å². The van der Waals surface area contributed by atoms with Crippen LogP contribution in [0.1, 0.15) is 23.0 Å². The summed E-state index contributed by atoms with van der Waals surface area (Å²) in [6, 6.07) is 26.4. The Kier molecular flexibility index (Phi) is 6.33. The average Bonchev–Trinajstić information content (AvgIpc) is 2.80. The number of hydrogen-bond donors (Lipinski definition) is 2. The molecular weight excluding hydrogens is 454 g/mol. The van der Waals surface area contributed by atoms with Gasteiger partial charge in [0.2, 0.25) is 5.91 Å². The summed E-state index contributed by atoms with van der Waals surface area (Å²) < 4.78 is 0.904. The Bertz CT molecular complexity index is 1080. The fraction of sp³-hybridized carbons (Fsp3) is 0.154. The van der Waals surface area contributed by atoms with Gasteiger partial charge in [-0.05, 0) is 35.4 Å². The number of rotatable bonds is 5. The van der Waals surface area contributed by atoms with Crippen molar-refractivity contribution < 1.29 is 14.7 Å². The highest BCUT2D eigenvalue weighted by Gasteiger charge is 2.46. The summed E-state index contributed by atoms with van der Waals surface area (Å²) in [5.41, 5.74) is 2.45. The molecule has 0 radical (unpaired) electrons. The van der Waals surface area contributed by atoms with Gasteiger partial charge in [0.05, 0.1) is 11.8 Å². The van der Waals surface area contributed by atoms with E-state index in [0.717, 1.165) is 15.6 Å². The van der Waals surface area contributed by atoms with Crippen LogP contribution in [0.15, 0.2) is 102 Å². The Morgan fingerprint density at radius 1 is 0.710 bits per heavy atom. The Morgan fingerprint density at radius 2 is 1.19 bits per heavy atom. The van der Waals surface area contributed by atoms with Gasteiger partial charge in [0.15, 0.2) is 0 Å². The first-order chi connectivity index (χ1) is 15.0. The zero-order valence-corrected chi connectivity index (χ0v) is 18.3. The summed E-state index contributed by atoms with van der Waals surface area (Å²) >= 11 is 3.39. The van der Waals surface area contributed by atoms with Crippen molar-refractivity contribution in [1.82, 2.24) is 0 Å². The lowest BCUT2D eigenvalue weighted by atomic mass is 9.66. The second kappa shape index (κ2) is 9.31. The maximum atomic E-state index is 13.5. The highest BCUT2D eigenvalue weighted by molar-refractivity contribution is 9.10. The molecule has 0 bridgehead atoms. The van der Waals surface area contributed by atoms with Gasteiger partial charge in [0.1, 0.15) is 0 Å². The predicted octanol–water partition coefficient (Wildman–Crippen LogP) is 5.84. The summed E-state index contributed by atoms with van der Waals surface area (Å²) in [7, 11) is 0. The molecule has 0 saturated carbocycles. The molecule has 0 saturated heterocycles. The minimum Gasteiger partial charge on any atom is -0.481 e. The molecule has 0 fully saturated rings. The van der Waals surface area contributed by atoms with Crippen molar-refractivity contribution in [2.45, 2.75) is 11.8 Å². The molecule has 0 heterocycles. The van der Waals surface area contributed by atoms with E-state index in [0.29, 0.717) is 5.69 Å². The molecule has 2 N–H and O–H groups in total. The lowest BCUT2D eigenvalue weighted by Gasteiger charge is -2.37. The zero-order valence-electron chi connectivity index (χ0n) is 16.7. The number of aliphatic carboxylic acids is 1. The van der Waals surface area contributed by atoms with Gasteiger partial charge in [-0.25, -0.2) is 0 Å². The molecule has 5 heteroatoms. The van der Waals surface area contributed by atoms with E-state index in [4.69, 9.17) is 0 Å². The van der Waals surface area contributed by atoms with Crippen LogP contribution in [0.2, 0.25) is 0 Å². The van der Waals surface area contributed by atoms with Crippen molar-refractivity contribution in [2.24, 2.45) is 11.8 Å². The van der Waals surface area contributed by atoms with Gasteiger partial charge < -0.3 is 10.4 Å². The number of carbonyl (C=O) groups excluding carboxylic acids is 1. The summed E-state index contributed by atoms with van der Waals surface area (Å²) in [6.07, 6.45) is 3.92. The number of carboxylic acids is 1. The fourth-order valence-corrected chi connectivity index (χ4v) is 4.57. The Balaban J connectivity index is 1.76. The van der Waals surface area contributed by atoms with Gasteiger partial charge >= 0.3 is 5.97 Å². The largest absolute Gasteiger partial charge is 0.481 e. The van der Waals surface area contributed by atoms with Gasteiger partial charge in [-0.1, -0.05) is 88.7 Å². The van der Waals surface area contributed by atoms with Gasteiger partial charge in [-0.3, -0.25) is 9.59 Å². The molecule has 1 aliphatic rings. The van der Waals surface area contributed by atoms with E-state index < -0.39 is 17.8 Å². The van der Waals surface area contributed by atoms with E-state index in [1.807, 2.05) is 84.9 Å². The molecular formula is C26H22BrNO3. The van der Waals surface area contributed by atoms with Crippen LogP contribution in [0.3, 0.4) is 0 Å².